The first-order valence-corrected chi connectivity index (χ1v) is 18.2. The zero-order valence-corrected chi connectivity index (χ0v) is 32.0. The molecule has 2 aromatic heterocycles. The van der Waals surface area contributed by atoms with Gasteiger partial charge in [-0.05, 0) is 61.5 Å². The Bertz CT molecular complexity index is 1640. The topological polar surface area (TPSA) is 175 Å². The molecule has 4 N–H and O–H groups in total. The molecule has 2 saturated heterocycles. The summed E-state index contributed by atoms with van der Waals surface area (Å²) in [6.45, 7) is 16.9. The van der Waals surface area contributed by atoms with E-state index in [1.807, 2.05) is 75.6 Å². The summed E-state index contributed by atoms with van der Waals surface area (Å²) in [5.41, 5.74) is 5.30. The van der Waals surface area contributed by atoms with E-state index in [9.17, 15) is 19.2 Å². The second-order valence-electron chi connectivity index (χ2n) is 15.2. The summed E-state index contributed by atoms with van der Waals surface area (Å²) in [5, 5.41) is 5.42. The average Bonchev–Trinajstić information content (AvgIpc) is 3.89. The molecule has 6 atom stereocenters. The van der Waals surface area contributed by atoms with E-state index in [4.69, 9.17) is 19.4 Å². The third-order valence-corrected chi connectivity index (χ3v) is 10.3. The van der Waals surface area contributed by atoms with Gasteiger partial charge in [-0.2, -0.15) is 0 Å². The van der Waals surface area contributed by atoms with Crippen molar-refractivity contribution in [2.75, 3.05) is 27.3 Å². The number of rotatable bonds is 10. The van der Waals surface area contributed by atoms with Crippen LogP contribution in [0.4, 0.5) is 9.59 Å². The number of benzene rings is 1. The molecule has 2 aliphatic rings. The van der Waals surface area contributed by atoms with Crippen LogP contribution in [-0.4, -0.2) is 93.1 Å². The SMILES string of the molecule is COC(=O)N[C@H](C(=O)N1C[C@H](C)C[C@H]1c1nc(C)c(-c2ccc(-c3[nH]c([C@@H]4C[C@@H](C)CN4C(=O)[C@@H](NC(=O)OC)C(C)C)nc3C)cc2)[nH]1)C(C)C. The van der Waals surface area contributed by atoms with Gasteiger partial charge < -0.3 is 39.9 Å². The lowest BCUT2D eigenvalue weighted by Crippen LogP contribution is -2.51. The largest absolute Gasteiger partial charge is 0.453 e. The Balaban J connectivity index is 1.36. The van der Waals surface area contributed by atoms with Crippen molar-refractivity contribution >= 4 is 24.0 Å². The summed E-state index contributed by atoms with van der Waals surface area (Å²) in [4.78, 5) is 72.1. The van der Waals surface area contributed by atoms with Crippen LogP contribution in [0.3, 0.4) is 0 Å². The Morgan fingerprint density at radius 3 is 1.35 bits per heavy atom. The zero-order chi connectivity index (χ0) is 38.0. The molecule has 1 aromatic carbocycles. The number of nitrogens with zero attached hydrogens (tertiary/aromatic N) is 4. The molecular formula is C38H54N8O6. The lowest BCUT2D eigenvalue weighted by Gasteiger charge is -2.30. The van der Waals surface area contributed by atoms with Crippen molar-refractivity contribution in [3.8, 4) is 22.5 Å². The number of alkyl carbamates (subject to hydrolysis) is 2. The van der Waals surface area contributed by atoms with Crippen LogP contribution in [-0.2, 0) is 19.1 Å². The predicted molar refractivity (Wildman–Crippen MR) is 196 cm³/mol. The molecule has 0 unspecified atom stereocenters. The summed E-state index contributed by atoms with van der Waals surface area (Å²) in [6.07, 6.45) is 0.244. The van der Waals surface area contributed by atoms with Crippen molar-refractivity contribution in [3.63, 3.8) is 0 Å². The lowest BCUT2D eigenvalue weighted by molar-refractivity contribution is -0.136. The molecular weight excluding hydrogens is 664 g/mol. The number of nitrogens with one attached hydrogen (secondary N) is 4. The molecule has 0 spiro atoms. The first-order chi connectivity index (χ1) is 24.6. The van der Waals surface area contributed by atoms with E-state index in [-0.39, 0.29) is 47.6 Å². The van der Waals surface area contributed by atoms with Crippen molar-refractivity contribution in [3.05, 3.63) is 47.3 Å². The fourth-order valence-corrected chi connectivity index (χ4v) is 7.50. The van der Waals surface area contributed by atoms with Crippen molar-refractivity contribution < 1.29 is 28.7 Å². The summed E-state index contributed by atoms with van der Waals surface area (Å²) in [6, 6.07) is 6.21. The van der Waals surface area contributed by atoms with E-state index in [0.717, 1.165) is 58.4 Å². The fourth-order valence-electron chi connectivity index (χ4n) is 7.50. The van der Waals surface area contributed by atoms with Gasteiger partial charge in [-0.15, -0.1) is 0 Å². The second-order valence-corrected chi connectivity index (χ2v) is 15.2. The first kappa shape index (κ1) is 38.4. The van der Waals surface area contributed by atoms with Crippen LogP contribution in [0.15, 0.2) is 24.3 Å². The van der Waals surface area contributed by atoms with Gasteiger partial charge in [-0.25, -0.2) is 19.6 Å². The number of carbonyl (C=O) groups excluding carboxylic acids is 4. The Morgan fingerprint density at radius 2 is 1.04 bits per heavy atom. The first-order valence-electron chi connectivity index (χ1n) is 18.2. The van der Waals surface area contributed by atoms with Gasteiger partial charge in [0.1, 0.15) is 23.7 Å². The van der Waals surface area contributed by atoms with Crippen molar-refractivity contribution in [1.29, 1.82) is 0 Å². The highest BCUT2D eigenvalue weighted by atomic mass is 16.5. The number of carbonyl (C=O) groups is 4. The third-order valence-electron chi connectivity index (χ3n) is 10.3. The summed E-state index contributed by atoms with van der Waals surface area (Å²) in [7, 11) is 2.58. The minimum absolute atomic E-state index is 0.124. The van der Waals surface area contributed by atoms with Crippen LogP contribution < -0.4 is 10.6 Å². The number of hydrogen-bond acceptors (Lipinski definition) is 8. The zero-order valence-electron chi connectivity index (χ0n) is 32.0. The van der Waals surface area contributed by atoms with Crippen molar-refractivity contribution in [1.82, 2.24) is 40.4 Å². The van der Waals surface area contributed by atoms with Crippen LogP contribution in [0.2, 0.25) is 0 Å². The minimum atomic E-state index is -0.712. The molecule has 14 nitrogen and oxygen atoms in total. The maximum Gasteiger partial charge on any atom is 0.407 e. The number of amides is 4. The quantitative estimate of drug-likeness (QED) is 0.208. The van der Waals surface area contributed by atoms with Crippen LogP contribution in [0, 0.1) is 37.5 Å². The van der Waals surface area contributed by atoms with Crippen LogP contribution in [0.25, 0.3) is 22.5 Å². The lowest BCUT2D eigenvalue weighted by atomic mass is 10.0. The molecule has 2 aliphatic heterocycles. The molecule has 0 radical (unpaired) electrons. The third kappa shape index (κ3) is 7.95. The highest BCUT2D eigenvalue weighted by Gasteiger charge is 2.42. The van der Waals surface area contributed by atoms with E-state index >= 15 is 0 Å². The van der Waals surface area contributed by atoms with Gasteiger partial charge in [-0.1, -0.05) is 65.8 Å². The number of aryl methyl sites for hydroxylation is 2. The van der Waals surface area contributed by atoms with Gasteiger partial charge in [0.25, 0.3) is 0 Å². The molecule has 52 heavy (non-hydrogen) atoms. The number of ether oxygens (including phenoxy) is 2. The van der Waals surface area contributed by atoms with E-state index < -0.39 is 24.3 Å². The van der Waals surface area contributed by atoms with Crippen LogP contribution >= 0.6 is 0 Å². The Morgan fingerprint density at radius 1 is 0.692 bits per heavy atom. The highest BCUT2D eigenvalue weighted by molar-refractivity contribution is 5.87. The molecule has 2 fully saturated rings. The number of imidazole rings is 2. The molecule has 0 saturated carbocycles. The average molecular weight is 719 g/mol. The van der Waals surface area contributed by atoms with Gasteiger partial charge in [0.15, 0.2) is 0 Å². The van der Waals surface area contributed by atoms with Gasteiger partial charge in [-0.3, -0.25) is 9.59 Å². The predicted octanol–water partition coefficient (Wildman–Crippen LogP) is 5.66. The fraction of sp³-hybridized carbons (Fsp3) is 0.579. The molecule has 0 aliphatic carbocycles. The van der Waals surface area contributed by atoms with E-state index in [1.165, 1.54) is 14.2 Å². The number of methoxy groups -OCH3 is 2. The number of likely N-dealkylation sites (tertiary alicyclic amines) is 2. The van der Waals surface area contributed by atoms with Crippen molar-refractivity contribution in [2.45, 2.75) is 92.4 Å². The van der Waals surface area contributed by atoms with E-state index in [2.05, 4.69) is 34.4 Å². The molecule has 4 amide bonds. The monoisotopic (exact) mass is 718 g/mol. The van der Waals surface area contributed by atoms with Crippen LogP contribution in [0.5, 0.6) is 0 Å². The normalized spacial score (nSPS) is 21.4. The highest BCUT2D eigenvalue weighted by Crippen LogP contribution is 2.38. The molecule has 4 heterocycles. The van der Waals surface area contributed by atoms with Crippen molar-refractivity contribution in [2.24, 2.45) is 23.7 Å². The minimum Gasteiger partial charge on any atom is -0.453 e. The van der Waals surface area contributed by atoms with E-state index in [1.54, 1.807) is 0 Å². The van der Waals surface area contributed by atoms with Gasteiger partial charge in [0, 0.05) is 13.1 Å². The summed E-state index contributed by atoms with van der Waals surface area (Å²) in [5.74, 6) is 1.41. The molecule has 3 aromatic rings. The number of aromatic amines is 2. The maximum atomic E-state index is 13.8. The smallest absolute Gasteiger partial charge is 0.407 e. The molecule has 282 valence electrons. The number of hydrogen-bond donors (Lipinski definition) is 4. The van der Waals surface area contributed by atoms with Crippen LogP contribution in [0.1, 0.15) is 89.5 Å². The molecule has 0 bridgehead atoms. The Kier molecular flexibility index (Phi) is 11.6. The summed E-state index contributed by atoms with van der Waals surface area (Å²) >= 11 is 0. The molecule has 14 heteroatoms. The maximum absolute atomic E-state index is 13.8. The Labute approximate surface area is 305 Å². The standard InChI is InChI=1S/C38H54N8O6/c1-19(2)29(43-37(49)51-9)35(47)45-17-21(5)15-27(45)33-39-23(7)31(41-33)25-11-13-26(14-12-25)32-24(8)40-34(42-32)28-16-22(6)18-46(28)36(48)30(20(3)4)44-38(50)52-10/h11-14,19-22,27-30H,15-18H2,1-10H3,(H,39,41)(H,40,42)(H,43,49)(H,44,50)/t21-,22-,27+,28+,29+,30+/m1/s1. The summed E-state index contributed by atoms with van der Waals surface area (Å²) < 4.78 is 9.57. The number of H-pyrrole nitrogens is 2. The number of aromatic nitrogens is 4. The van der Waals surface area contributed by atoms with Gasteiger partial charge in [0.05, 0.1) is 49.1 Å². The van der Waals surface area contributed by atoms with Gasteiger partial charge >= 0.3 is 12.2 Å². The molecule has 5 rings (SSSR count). The van der Waals surface area contributed by atoms with Gasteiger partial charge in [0.2, 0.25) is 11.8 Å². The second kappa shape index (κ2) is 15.8. The van der Waals surface area contributed by atoms with E-state index in [0.29, 0.717) is 13.1 Å². The Hall–Kier alpha value is -4.88.